The predicted molar refractivity (Wildman–Crippen MR) is 111 cm³/mol. The van der Waals surface area contributed by atoms with Crippen LogP contribution in [0.2, 0.25) is 0 Å². The zero-order valence-corrected chi connectivity index (χ0v) is 15.5. The Labute approximate surface area is 160 Å². The van der Waals surface area contributed by atoms with E-state index in [1.807, 2.05) is 37.4 Å². The van der Waals surface area contributed by atoms with Gasteiger partial charge in [0.1, 0.15) is 0 Å². The molecular formula is C20H17N5OS. The zero-order chi connectivity index (χ0) is 18.8. The third-order valence-electron chi connectivity index (χ3n) is 4.05. The van der Waals surface area contributed by atoms with Gasteiger partial charge >= 0.3 is 6.03 Å². The van der Waals surface area contributed by atoms with Gasteiger partial charge in [-0.25, -0.2) is 9.78 Å². The van der Waals surface area contributed by atoms with Gasteiger partial charge in [-0.3, -0.25) is 15.3 Å². The number of anilines is 1. The summed E-state index contributed by atoms with van der Waals surface area (Å²) in [5.74, 6) is 0. The van der Waals surface area contributed by atoms with E-state index in [0.717, 1.165) is 38.2 Å². The molecule has 2 amide bonds. The van der Waals surface area contributed by atoms with Gasteiger partial charge in [0.2, 0.25) is 0 Å². The number of carbonyl (C=O) groups excluding carboxylic acids is 1. The average Bonchev–Trinajstić information content (AvgIpc) is 3.27. The normalized spacial score (nSPS) is 13.1. The van der Waals surface area contributed by atoms with Crippen LogP contribution in [-0.2, 0) is 0 Å². The van der Waals surface area contributed by atoms with E-state index in [2.05, 4.69) is 38.2 Å². The first kappa shape index (κ1) is 17.1. The number of rotatable bonds is 4. The SMILES string of the molecule is C=C1C=C(c2cc(-c3cccnc3)cc3nc(NC(=O)NCC)sc23)C=N1. The van der Waals surface area contributed by atoms with E-state index in [4.69, 9.17) is 0 Å². The first-order valence-corrected chi connectivity index (χ1v) is 9.30. The van der Waals surface area contributed by atoms with Crippen LogP contribution in [0.1, 0.15) is 12.5 Å². The molecule has 0 aliphatic carbocycles. The number of carbonyl (C=O) groups is 1. The van der Waals surface area contributed by atoms with Gasteiger partial charge in [-0.05, 0) is 36.8 Å². The summed E-state index contributed by atoms with van der Waals surface area (Å²) < 4.78 is 0.988. The fourth-order valence-electron chi connectivity index (χ4n) is 2.86. The van der Waals surface area contributed by atoms with Gasteiger partial charge in [-0.2, -0.15) is 0 Å². The fraction of sp³-hybridized carbons (Fsp3) is 0.100. The number of fused-ring (bicyclic) bond motifs is 1. The van der Waals surface area contributed by atoms with Crippen molar-refractivity contribution in [3.63, 3.8) is 0 Å². The van der Waals surface area contributed by atoms with E-state index in [-0.39, 0.29) is 6.03 Å². The van der Waals surface area contributed by atoms with Crippen molar-refractivity contribution in [2.45, 2.75) is 6.92 Å². The molecule has 2 aromatic heterocycles. The van der Waals surface area contributed by atoms with Crippen LogP contribution >= 0.6 is 11.3 Å². The number of allylic oxidation sites excluding steroid dienone is 2. The Morgan fingerprint density at radius 1 is 1.30 bits per heavy atom. The van der Waals surface area contributed by atoms with Crippen LogP contribution in [0.4, 0.5) is 9.93 Å². The molecule has 1 aromatic carbocycles. The quantitative estimate of drug-likeness (QED) is 0.705. The van der Waals surface area contributed by atoms with Crippen molar-refractivity contribution in [2.24, 2.45) is 4.99 Å². The molecule has 0 bridgehead atoms. The van der Waals surface area contributed by atoms with E-state index < -0.39 is 0 Å². The van der Waals surface area contributed by atoms with Gasteiger partial charge < -0.3 is 5.32 Å². The first-order chi connectivity index (χ1) is 13.1. The number of aliphatic imine (C=N–C) groups is 1. The molecule has 134 valence electrons. The van der Waals surface area contributed by atoms with Crippen LogP contribution in [0.5, 0.6) is 0 Å². The topological polar surface area (TPSA) is 79.3 Å². The Morgan fingerprint density at radius 2 is 2.19 bits per heavy atom. The number of pyridine rings is 1. The van der Waals surface area contributed by atoms with E-state index in [1.165, 1.54) is 11.3 Å². The fourth-order valence-corrected chi connectivity index (χ4v) is 3.83. The van der Waals surface area contributed by atoms with Crippen molar-refractivity contribution in [3.05, 3.63) is 60.6 Å². The highest BCUT2D eigenvalue weighted by atomic mass is 32.1. The molecule has 0 atom stereocenters. The van der Waals surface area contributed by atoms with E-state index >= 15 is 0 Å². The summed E-state index contributed by atoms with van der Waals surface area (Å²) in [5, 5.41) is 6.06. The van der Waals surface area contributed by atoms with Crippen LogP contribution in [0.3, 0.4) is 0 Å². The second kappa shape index (κ2) is 7.13. The third kappa shape index (κ3) is 3.50. The second-order valence-corrected chi connectivity index (χ2v) is 6.97. The molecule has 6 nitrogen and oxygen atoms in total. The molecule has 0 spiro atoms. The smallest absolute Gasteiger partial charge is 0.321 e. The predicted octanol–water partition coefficient (Wildman–Crippen LogP) is 4.48. The van der Waals surface area contributed by atoms with Crippen molar-refractivity contribution in [2.75, 3.05) is 11.9 Å². The molecule has 0 saturated heterocycles. The Kier molecular flexibility index (Phi) is 4.52. The van der Waals surface area contributed by atoms with Crippen molar-refractivity contribution < 1.29 is 4.79 Å². The lowest BCUT2D eigenvalue weighted by molar-refractivity contribution is 0.252. The summed E-state index contributed by atoms with van der Waals surface area (Å²) in [5.41, 5.74) is 5.53. The number of amides is 2. The Morgan fingerprint density at radius 3 is 2.89 bits per heavy atom. The summed E-state index contributed by atoms with van der Waals surface area (Å²) in [6.07, 6.45) is 7.32. The van der Waals surface area contributed by atoms with Crippen molar-refractivity contribution in [1.82, 2.24) is 15.3 Å². The maximum absolute atomic E-state index is 11.9. The molecule has 27 heavy (non-hydrogen) atoms. The van der Waals surface area contributed by atoms with Crippen molar-refractivity contribution in [3.8, 4) is 11.1 Å². The third-order valence-corrected chi connectivity index (χ3v) is 5.07. The number of nitrogens with one attached hydrogen (secondary N) is 2. The van der Waals surface area contributed by atoms with Gasteiger partial charge in [0.15, 0.2) is 5.13 Å². The molecular weight excluding hydrogens is 358 g/mol. The van der Waals surface area contributed by atoms with Gasteiger partial charge in [0.05, 0.1) is 15.9 Å². The molecule has 3 aromatic rings. The molecule has 0 radical (unpaired) electrons. The summed E-state index contributed by atoms with van der Waals surface area (Å²) >= 11 is 1.44. The molecule has 0 saturated carbocycles. The van der Waals surface area contributed by atoms with Crippen LogP contribution in [0.25, 0.3) is 26.9 Å². The van der Waals surface area contributed by atoms with Gasteiger partial charge in [0, 0.05) is 41.9 Å². The van der Waals surface area contributed by atoms with E-state index in [9.17, 15) is 4.79 Å². The molecule has 0 unspecified atom stereocenters. The van der Waals surface area contributed by atoms with Crippen LogP contribution in [-0.4, -0.2) is 28.8 Å². The number of hydrogen-bond donors (Lipinski definition) is 2. The van der Waals surface area contributed by atoms with Crippen molar-refractivity contribution in [1.29, 1.82) is 0 Å². The Bertz CT molecular complexity index is 1100. The van der Waals surface area contributed by atoms with Crippen molar-refractivity contribution >= 4 is 44.5 Å². The molecule has 4 rings (SSSR count). The second-order valence-electron chi connectivity index (χ2n) is 5.97. The van der Waals surface area contributed by atoms with E-state index in [0.29, 0.717) is 11.7 Å². The Balaban J connectivity index is 1.85. The highest BCUT2D eigenvalue weighted by Crippen LogP contribution is 2.37. The highest BCUT2D eigenvalue weighted by Gasteiger charge is 2.16. The monoisotopic (exact) mass is 375 g/mol. The highest BCUT2D eigenvalue weighted by molar-refractivity contribution is 7.22. The molecule has 1 aliphatic heterocycles. The van der Waals surface area contributed by atoms with Gasteiger partial charge in [0.25, 0.3) is 0 Å². The van der Waals surface area contributed by atoms with Gasteiger partial charge in [-0.1, -0.05) is 24.0 Å². The first-order valence-electron chi connectivity index (χ1n) is 8.49. The molecule has 2 N–H and O–H groups in total. The molecule has 0 fully saturated rings. The van der Waals surface area contributed by atoms with Crippen LogP contribution < -0.4 is 10.6 Å². The van der Waals surface area contributed by atoms with Crippen LogP contribution in [0, 0.1) is 0 Å². The number of thiazole rings is 1. The maximum atomic E-state index is 11.9. The number of nitrogens with zero attached hydrogens (tertiary/aromatic N) is 3. The number of hydrogen-bond acceptors (Lipinski definition) is 5. The van der Waals surface area contributed by atoms with E-state index in [1.54, 1.807) is 12.4 Å². The molecule has 1 aliphatic rings. The largest absolute Gasteiger partial charge is 0.338 e. The minimum atomic E-state index is -0.263. The summed E-state index contributed by atoms with van der Waals surface area (Å²) in [7, 11) is 0. The number of urea groups is 1. The summed E-state index contributed by atoms with van der Waals surface area (Å²) in [6.45, 7) is 6.32. The zero-order valence-electron chi connectivity index (χ0n) is 14.7. The molecule has 3 heterocycles. The van der Waals surface area contributed by atoms with Crippen LogP contribution in [0.15, 0.2) is 60.0 Å². The number of aromatic nitrogens is 2. The lowest BCUT2D eigenvalue weighted by atomic mass is 10.00. The average molecular weight is 375 g/mol. The lowest BCUT2D eigenvalue weighted by Gasteiger charge is -2.06. The minimum absolute atomic E-state index is 0.263. The maximum Gasteiger partial charge on any atom is 0.321 e. The minimum Gasteiger partial charge on any atom is -0.338 e. The molecule has 7 heteroatoms. The van der Waals surface area contributed by atoms with Gasteiger partial charge in [-0.15, -0.1) is 0 Å². The standard InChI is InChI=1S/C20H17N5OS/c1-3-22-19(26)25-20-24-17-9-14(13-5-4-6-21-10-13)8-16(18(17)27-20)15-7-12(2)23-11-15/h4-11H,2-3H2,1H3,(H2,22,24,25,26). The summed E-state index contributed by atoms with van der Waals surface area (Å²) in [4.78, 5) is 24.9. The summed E-state index contributed by atoms with van der Waals surface area (Å²) in [6, 6.07) is 7.76. The Hall–Kier alpha value is -3.32. The lowest BCUT2D eigenvalue weighted by Crippen LogP contribution is -2.28. The number of benzene rings is 1.